The number of carbonyl (C=O) groups excluding carboxylic acids is 1. The largest absolute Gasteiger partial charge is 0.507 e. The van der Waals surface area contributed by atoms with Crippen LogP contribution in [0.25, 0.3) is 21.9 Å². The fourth-order valence-electron chi connectivity index (χ4n) is 3.78. The lowest BCUT2D eigenvalue weighted by atomic mass is 10.0. The Labute approximate surface area is 171 Å². The average molecular weight is 408 g/mol. The van der Waals surface area contributed by atoms with Gasteiger partial charge in [-0.2, -0.15) is 0 Å². The topological polar surface area (TPSA) is 95.3 Å². The monoisotopic (exact) mass is 408 g/mol. The molecule has 0 aliphatic heterocycles. The molecule has 0 atom stereocenters. The lowest BCUT2D eigenvalue weighted by Gasteiger charge is -2.10. The second kappa shape index (κ2) is 7.67. The molecule has 0 aliphatic carbocycles. The van der Waals surface area contributed by atoms with Crippen molar-refractivity contribution < 1.29 is 18.7 Å². The molecule has 4 aromatic rings. The van der Waals surface area contributed by atoms with Crippen molar-refractivity contribution in [2.24, 2.45) is 0 Å². The second-order valence-corrected chi connectivity index (χ2v) is 7.43. The van der Waals surface area contributed by atoms with E-state index in [4.69, 9.17) is 4.42 Å². The summed E-state index contributed by atoms with van der Waals surface area (Å²) in [5.74, 6) is -0.633. The highest BCUT2D eigenvalue weighted by atomic mass is 19.1. The number of phenolic OH excluding ortho intramolecular Hbond substituents is 1. The molecular weight excluding hydrogens is 387 g/mol. The number of aromatic hydroxyl groups is 1. The Morgan fingerprint density at radius 1 is 1.23 bits per heavy atom. The highest BCUT2D eigenvalue weighted by Gasteiger charge is 2.17. The zero-order valence-electron chi connectivity index (χ0n) is 16.6. The molecule has 0 spiro atoms. The molecule has 6 nitrogen and oxygen atoms in total. The molecule has 3 N–H and O–H groups in total. The third-order valence-electron chi connectivity index (χ3n) is 5.29. The van der Waals surface area contributed by atoms with Gasteiger partial charge in [0.05, 0.1) is 17.4 Å². The van der Waals surface area contributed by atoms with Crippen molar-refractivity contribution in [1.29, 1.82) is 0 Å². The van der Waals surface area contributed by atoms with Crippen LogP contribution in [-0.4, -0.2) is 22.5 Å². The van der Waals surface area contributed by atoms with Crippen LogP contribution in [0.5, 0.6) is 5.75 Å². The predicted molar refractivity (Wildman–Crippen MR) is 112 cm³/mol. The number of amides is 1. The van der Waals surface area contributed by atoms with Crippen molar-refractivity contribution in [2.45, 2.75) is 26.7 Å². The summed E-state index contributed by atoms with van der Waals surface area (Å²) in [6.45, 7) is 3.82. The van der Waals surface area contributed by atoms with E-state index in [0.717, 1.165) is 22.0 Å². The third-order valence-corrected chi connectivity index (χ3v) is 5.29. The summed E-state index contributed by atoms with van der Waals surface area (Å²) in [5, 5.41) is 14.2. The summed E-state index contributed by atoms with van der Waals surface area (Å²) in [4.78, 5) is 27.9. The van der Waals surface area contributed by atoms with Gasteiger partial charge in [0, 0.05) is 23.6 Å². The number of aromatic amines is 1. The van der Waals surface area contributed by atoms with Gasteiger partial charge in [0.25, 0.3) is 0 Å². The number of hydrogen-bond acceptors (Lipinski definition) is 4. The first-order valence-corrected chi connectivity index (χ1v) is 9.61. The number of rotatable bonds is 5. The molecule has 0 radical (unpaired) electrons. The number of halogens is 1. The van der Waals surface area contributed by atoms with Gasteiger partial charge in [-0.25, -0.2) is 9.18 Å². The Kier molecular flexibility index (Phi) is 5.03. The van der Waals surface area contributed by atoms with Gasteiger partial charge in [0.1, 0.15) is 17.1 Å². The van der Waals surface area contributed by atoms with E-state index in [1.807, 2.05) is 0 Å². The summed E-state index contributed by atoms with van der Waals surface area (Å²) in [6, 6.07) is 7.79. The predicted octanol–water partition coefficient (Wildman–Crippen LogP) is 3.64. The van der Waals surface area contributed by atoms with Crippen LogP contribution in [0.2, 0.25) is 0 Å². The zero-order valence-corrected chi connectivity index (χ0v) is 16.6. The minimum atomic E-state index is -0.591. The van der Waals surface area contributed by atoms with Crippen LogP contribution in [0.3, 0.4) is 0 Å². The summed E-state index contributed by atoms with van der Waals surface area (Å²) >= 11 is 0. The Bertz CT molecular complexity index is 1340. The standard InChI is InChI=1S/C23H21FN2O4/c1-12-7-19(27)22-13(2)16(23(29)30-20(22)8-12)10-21(28)25-6-5-14-11-26-18-4-3-15(24)9-17(14)18/h3-4,7-9,11,26-27H,5-6,10H2,1-2H3,(H,25,28). The Hall–Kier alpha value is -3.61. The SMILES string of the molecule is Cc1cc(O)c2c(C)c(CC(=O)NCCc3c[nH]c4ccc(F)cc34)c(=O)oc2c1. The second-order valence-electron chi connectivity index (χ2n) is 7.43. The van der Waals surface area contributed by atoms with E-state index in [-0.39, 0.29) is 29.5 Å². The van der Waals surface area contributed by atoms with Crippen LogP contribution in [0.1, 0.15) is 22.3 Å². The van der Waals surface area contributed by atoms with Crippen LogP contribution in [0.15, 0.2) is 45.7 Å². The number of carbonyl (C=O) groups is 1. The van der Waals surface area contributed by atoms with Gasteiger partial charge in [-0.3, -0.25) is 4.79 Å². The molecule has 0 bridgehead atoms. The van der Waals surface area contributed by atoms with Gasteiger partial charge in [-0.15, -0.1) is 0 Å². The number of fused-ring (bicyclic) bond motifs is 2. The lowest BCUT2D eigenvalue weighted by molar-refractivity contribution is -0.120. The van der Waals surface area contributed by atoms with Gasteiger partial charge in [-0.1, -0.05) is 0 Å². The van der Waals surface area contributed by atoms with Crippen molar-refractivity contribution in [2.75, 3.05) is 6.54 Å². The van der Waals surface area contributed by atoms with Crippen molar-refractivity contribution in [3.8, 4) is 5.75 Å². The molecule has 30 heavy (non-hydrogen) atoms. The molecule has 0 aliphatic rings. The highest BCUT2D eigenvalue weighted by Crippen LogP contribution is 2.30. The van der Waals surface area contributed by atoms with E-state index >= 15 is 0 Å². The van der Waals surface area contributed by atoms with E-state index < -0.39 is 5.63 Å². The summed E-state index contributed by atoms with van der Waals surface area (Å²) in [5.41, 5.74) is 2.95. The van der Waals surface area contributed by atoms with Crippen LogP contribution in [-0.2, 0) is 17.6 Å². The number of nitrogens with one attached hydrogen (secondary N) is 2. The molecule has 0 saturated carbocycles. The van der Waals surface area contributed by atoms with Gasteiger partial charge in [0.2, 0.25) is 5.91 Å². The molecule has 1 amide bonds. The molecule has 2 aromatic carbocycles. The zero-order chi connectivity index (χ0) is 21.4. The van der Waals surface area contributed by atoms with Gasteiger partial charge >= 0.3 is 5.63 Å². The number of hydrogen-bond donors (Lipinski definition) is 3. The number of aromatic nitrogens is 1. The fraction of sp³-hybridized carbons (Fsp3) is 0.217. The summed E-state index contributed by atoms with van der Waals surface area (Å²) in [6.07, 6.45) is 2.16. The molecule has 2 aromatic heterocycles. The van der Waals surface area contributed by atoms with Crippen LogP contribution >= 0.6 is 0 Å². The fourth-order valence-corrected chi connectivity index (χ4v) is 3.78. The van der Waals surface area contributed by atoms with Crippen LogP contribution in [0.4, 0.5) is 4.39 Å². The molecule has 0 fully saturated rings. The number of aryl methyl sites for hydroxylation is 2. The molecule has 2 heterocycles. The number of phenols is 1. The van der Waals surface area contributed by atoms with E-state index in [1.54, 1.807) is 38.2 Å². The molecule has 154 valence electrons. The van der Waals surface area contributed by atoms with Gasteiger partial charge in [0.15, 0.2) is 0 Å². The molecular formula is C23H21FN2O4. The highest BCUT2D eigenvalue weighted by molar-refractivity contribution is 5.89. The van der Waals surface area contributed by atoms with E-state index in [9.17, 15) is 19.1 Å². The minimum absolute atomic E-state index is 0.0134. The number of H-pyrrole nitrogens is 1. The van der Waals surface area contributed by atoms with E-state index in [0.29, 0.717) is 29.5 Å². The maximum atomic E-state index is 13.5. The summed E-state index contributed by atoms with van der Waals surface area (Å²) < 4.78 is 18.8. The van der Waals surface area contributed by atoms with Crippen molar-refractivity contribution in [1.82, 2.24) is 10.3 Å². The summed E-state index contributed by atoms with van der Waals surface area (Å²) in [7, 11) is 0. The van der Waals surface area contributed by atoms with Gasteiger partial charge in [-0.05, 0) is 67.3 Å². The van der Waals surface area contributed by atoms with Crippen molar-refractivity contribution in [3.05, 3.63) is 75.0 Å². The Balaban J connectivity index is 1.48. The normalized spacial score (nSPS) is 11.3. The third kappa shape index (κ3) is 3.66. The Morgan fingerprint density at radius 3 is 2.83 bits per heavy atom. The lowest BCUT2D eigenvalue weighted by Crippen LogP contribution is -2.29. The smallest absolute Gasteiger partial charge is 0.340 e. The first-order valence-electron chi connectivity index (χ1n) is 9.61. The first kappa shape index (κ1) is 19.7. The van der Waals surface area contributed by atoms with Crippen molar-refractivity contribution >= 4 is 27.8 Å². The number of benzene rings is 2. The van der Waals surface area contributed by atoms with E-state index in [2.05, 4.69) is 10.3 Å². The quantitative estimate of drug-likeness (QED) is 0.440. The molecule has 7 heteroatoms. The maximum Gasteiger partial charge on any atom is 0.340 e. The molecule has 0 unspecified atom stereocenters. The van der Waals surface area contributed by atoms with Gasteiger partial charge < -0.3 is 19.8 Å². The molecule has 4 rings (SSSR count). The van der Waals surface area contributed by atoms with E-state index in [1.165, 1.54) is 12.1 Å². The van der Waals surface area contributed by atoms with Crippen molar-refractivity contribution in [3.63, 3.8) is 0 Å². The first-order chi connectivity index (χ1) is 14.3. The Morgan fingerprint density at radius 2 is 2.03 bits per heavy atom. The molecule has 0 saturated heterocycles. The maximum absolute atomic E-state index is 13.5. The average Bonchev–Trinajstić information content (AvgIpc) is 3.06. The van der Waals surface area contributed by atoms with Crippen LogP contribution < -0.4 is 10.9 Å². The van der Waals surface area contributed by atoms with Crippen LogP contribution in [0, 0.1) is 19.7 Å². The minimum Gasteiger partial charge on any atom is -0.507 e.